The molecule has 0 bridgehead atoms. The fourth-order valence-electron chi connectivity index (χ4n) is 3.02. The number of rotatable bonds is 5. The summed E-state index contributed by atoms with van der Waals surface area (Å²) in [6.07, 6.45) is 8.96. The first-order valence-corrected chi connectivity index (χ1v) is 8.54. The van der Waals surface area contributed by atoms with E-state index in [4.69, 9.17) is 0 Å². The lowest BCUT2D eigenvalue weighted by atomic mass is 10.1. The first-order chi connectivity index (χ1) is 13.2. The second kappa shape index (κ2) is 6.99. The highest BCUT2D eigenvalue weighted by Crippen LogP contribution is 2.22. The summed E-state index contributed by atoms with van der Waals surface area (Å²) in [5.41, 5.74) is 2.71. The molecule has 3 heterocycles. The topological polar surface area (TPSA) is 88.5 Å². The van der Waals surface area contributed by atoms with Crippen LogP contribution in [0.25, 0.3) is 16.6 Å². The zero-order valence-corrected chi connectivity index (χ0v) is 14.6. The van der Waals surface area contributed by atoms with Gasteiger partial charge in [-0.2, -0.15) is 10.2 Å². The molecule has 0 fully saturated rings. The minimum atomic E-state index is -0.321. The van der Waals surface area contributed by atoms with E-state index < -0.39 is 0 Å². The third-order valence-corrected chi connectivity index (χ3v) is 4.45. The van der Waals surface area contributed by atoms with E-state index in [1.54, 1.807) is 41.6 Å². The van der Waals surface area contributed by atoms with E-state index in [1.807, 2.05) is 6.92 Å². The number of hydrogen-bond donors (Lipinski definition) is 2. The molecule has 1 aromatic carbocycles. The van der Waals surface area contributed by atoms with E-state index >= 15 is 0 Å². The normalized spacial score (nSPS) is 12.2. The van der Waals surface area contributed by atoms with Crippen LogP contribution in [0, 0.1) is 5.82 Å². The summed E-state index contributed by atoms with van der Waals surface area (Å²) in [5, 5.41) is 14.7. The van der Waals surface area contributed by atoms with Crippen LogP contribution in [0.5, 0.6) is 0 Å². The minimum absolute atomic E-state index is 0.154. The number of aromatic nitrogens is 5. The molecule has 2 N–H and O–H groups in total. The number of halogens is 1. The molecule has 0 spiro atoms. The van der Waals surface area contributed by atoms with Crippen molar-refractivity contribution < 1.29 is 9.18 Å². The quantitative estimate of drug-likeness (QED) is 0.569. The van der Waals surface area contributed by atoms with E-state index in [2.05, 4.69) is 25.6 Å². The molecule has 4 aromatic rings. The van der Waals surface area contributed by atoms with Gasteiger partial charge in [-0.25, -0.2) is 9.07 Å². The molecule has 0 aliphatic carbocycles. The van der Waals surface area contributed by atoms with Crippen molar-refractivity contribution in [3.63, 3.8) is 0 Å². The zero-order valence-electron chi connectivity index (χ0n) is 14.6. The average molecular weight is 364 g/mol. The molecule has 136 valence electrons. The smallest absolute Gasteiger partial charge is 0.254 e. The van der Waals surface area contributed by atoms with Crippen molar-refractivity contribution in [3.05, 3.63) is 72.2 Å². The van der Waals surface area contributed by atoms with Gasteiger partial charge >= 0.3 is 0 Å². The fraction of sp³-hybridized carbons (Fsp3) is 0.158. The molecule has 7 nitrogen and oxygen atoms in total. The fourth-order valence-corrected chi connectivity index (χ4v) is 3.02. The summed E-state index contributed by atoms with van der Waals surface area (Å²) in [7, 11) is 0. The largest absolute Gasteiger partial charge is 0.345 e. The van der Waals surface area contributed by atoms with Crippen LogP contribution in [0.1, 0.15) is 35.3 Å². The molecule has 0 saturated heterocycles. The molecule has 0 saturated carbocycles. The molecule has 0 radical (unpaired) electrons. The number of nitrogens with one attached hydrogen (secondary N) is 2. The van der Waals surface area contributed by atoms with Gasteiger partial charge in [0, 0.05) is 23.3 Å². The van der Waals surface area contributed by atoms with Crippen LogP contribution >= 0.6 is 0 Å². The number of aromatic amines is 1. The van der Waals surface area contributed by atoms with E-state index in [-0.39, 0.29) is 17.8 Å². The lowest BCUT2D eigenvalue weighted by Crippen LogP contribution is -2.28. The molecule has 3 aromatic heterocycles. The first kappa shape index (κ1) is 16.9. The highest BCUT2D eigenvalue weighted by Gasteiger charge is 2.19. The summed E-state index contributed by atoms with van der Waals surface area (Å²) < 4.78 is 14.8. The highest BCUT2D eigenvalue weighted by molar-refractivity contribution is 6.06. The van der Waals surface area contributed by atoms with Gasteiger partial charge in [-0.05, 0) is 30.7 Å². The third-order valence-electron chi connectivity index (χ3n) is 4.45. The predicted octanol–water partition coefficient (Wildman–Crippen LogP) is 3.16. The Morgan fingerprint density at radius 1 is 1.22 bits per heavy atom. The van der Waals surface area contributed by atoms with E-state index in [0.717, 1.165) is 12.0 Å². The van der Waals surface area contributed by atoms with Crippen LogP contribution in [0.2, 0.25) is 0 Å². The van der Waals surface area contributed by atoms with Gasteiger partial charge in [0.15, 0.2) is 0 Å². The van der Waals surface area contributed by atoms with Gasteiger partial charge in [-0.3, -0.25) is 14.9 Å². The van der Waals surface area contributed by atoms with Crippen LogP contribution in [0.15, 0.2) is 55.2 Å². The first-order valence-electron chi connectivity index (χ1n) is 8.54. The van der Waals surface area contributed by atoms with Crippen molar-refractivity contribution in [2.24, 2.45) is 0 Å². The summed E-state index contributed by atoms with van der Waals surface area (Å²) in [6, 6.07) is 5.83. The number of amides is 1. The van der Waals surface area contributed by atoms with Gasteiger partial charge in [-0.1, -0.05) is 6.92 Å². The van der Waals surface area contributed by atoms with Crippen molar-refractivity contribution in [2.45, 2.75) is 19.4 Å². The van der Waals surface area contributed by atoms with Gasteiger partial charge in [0.1, 0.15) is 5.82 Å². The van der Waals surface area contributed by atoms with E-state index in [1.165, 1.54) is 18.3 Å². The van der Waals surface area contributed by atoms with Crippen molar-refractivity contribution in [3.8, 4) is 5.69 Å². The van der Waals surface area contributed by atoms with Gasteiger partial charge < -0.3 is 5.32 Å². The summed E-state index contributed by atoms with van der Waals surface area (Å²) in [5.74, 6) is -0.557. The van der Waals surface area contributed by atoms with Gasteiger partial charge in [0.2, 0.25) is 0 Å². The lowest BCUT2D eigenvalue weighted by Gasteiger charge is -2.15. The van der Waals surface area contributed by atoms with E-state index in [9.17, 15) is 9.18 Å². The summed E-state index contributed by atoms with van der Waals surface area (Å²) in [6.45, 7) is 1.99. The zero-order chi connectivity index (χ0) is 18.8. The summed E-state index contributed by atoms with van der Waals surface area (Å²) in [4.78, 5) is 17.0. The Kier molecular flexibility index (Phi) is 4.37. The standard InChI is InChI=1S/C19H17FN6O/c1-2-17(12-7-22-23-8-12)25-19(27)16-9-21-11-18-15(16)10-24-26(18)14-5-3-13(20)4-6-14/h3-11,17H,2H2,1H3,(H,22,23)(H,25,27)/t17-/m1/s1. The molecule has 0 unspecified atom stereocenters. The SMILES string of the molecule is CC[C@@H](NC(=O)c1cncc2c1cnn2-c1ccc(F)cc1)c1cn[nH]c1. The number of benzene rings is 1. The molecule has 27 heavy (non-hydrogen) atoms. The molecule has 1 amide bonds. The van der Waals surface area contributed by atoms with Crippen LogP contribution in [0.3, 0.4) is 0 Å². The molecule has 1 atom stereocenters. The molecule has 0 aliphatic heterocycles. The Hall–Kier alpha value is -3.55. The minimum Gasteiger partial charge on any atom is -0.345 e. The van der Waals surface area contributed by atoms with Crippen LogP contribution < -0.4 is 5.32 Å². The van der Waals surface area contributed by atoms with Crippen molar-refractivity contribution in [1.29, 1.82) is 0 Å². The van der Waals surface area contributed by atoms with Gasteiger partial charge in [0.05, 0.1) is 41.4 Å². The maximum Gasteiger partial charge on any atom is 0.254 e. The number of pyridine rings is 1. The van der Waals surface area contributed by atoms with Gasteiger partial charge in [0.25, 0.3) is 5.91 Å². The maximum atomic E-state index is 13.2. The lowest BCUT2D eigenvalue weighted by molar-refractivity contribution is 0.0937. The average Bonchev–Trinajstić information content (AvgIpc) is 3.36. The van der Waals surface area contributed by atoms with E-state index in [0.29, 0.717) is 22.2 Å². The monoisotopic (exact) mass is 364 g/mol. The second-order valence-corrected chi connectivity index (χ2v) is 6.12. The number of H-pyrrole nitrogens is 1. The van der Waals surface area contributed by atoms with Crippen LogP contribution in [0.4, 0.5) is 4.39 Å². The van der Waals surface area contributed by atoms with Gasteiger partial charge in [-0.15, -0.1) is 0 Å². The summed E-state index contributed by atoms with van der Waals surface area (Å²) >= 11 is 0. The Morgan fingerprint density at radius 3 is 2.74 bits per heavy atom. The molecule has 0 aliphatic rings. The Morgan fingerprint density at radius 2 is 2.04 bits per heavy atom. The number of fused-ring (bicyclic) bond motifs is 1. The number of nitrogens with zero attached hydrogens (tertiary/aromatic N) is 4. The van der Waals surface area contributed by atoms with Crippen molar-refractivity contribution in [2.75, 3.05) is 0 Å². The molecular weight excluding hydrogens is 347 g/mol. The second-order valence-electron chi connectivity index (χ2n) is 6.12. The van der Waals surface area contributed by atoms with Crippen LogP contribution in [-0.2, 0) is 0 Å². The molecule has 4 rings (SSSR count). The number of hydrogen-bond acceptors (Lipinski definition) is 4. The number of carbonyl (C=O) groups excluding carboxylic acids is 1. The predicted molar refractivity (Wildman–Crippen MR) is 97.9 cm³/mol. The maximum absolute atomic E-state index is 13.2. The Balaban J connectivity index is 1.68. The Labute approximate surface area is 154 Å². The third kappa shape index (κ3) is 3.17. The van der Waals surface area contributed by atoms with Crippen molar-refractivity contribution >= 4 is 16.8 Å². The number of carbonyl (C=O) groups is 1. The molecule has 8 heteroatoms. The molecular formula is C19H17FN6O. The highest BCUT2D eigenvalue weighted by atomic mass is 19.1. The van der Waals surface area contributed by atoms with Crippen LogP contribution in [-0.4, -0.2) is 30.9 Å². The Bertz CT molecular complexity index is 1070. The van der Waals surface area contributed by atoms with Crippen molar-refractivity contribution in [1.82, 2.24) is 30.3 Å².